The second-order valence-corrected chi connectivity index (χ2v) is 5.07. The number of rotatable bonds is 1. The molecule has 0 amide bonds. The van der Waals surface area contributed by atoms with Crippen LogP contribution in [-0.4, -0.2) is 4.57 Å². The van der Waals surface area contributed by atoms with E-state index in [1.54, 1.807) is 19.2 Å². The van der Waals surface area contributed by atoms with Crippen molar-refractivity contribution in [2.24, 2.45) is 7.05 Å². The third kappa shape index (κ3) is 3.21. The SMILES string of the molecule is Cn1c(-c2ccc(Cl)cc2F)[c-]cc(I)c1=O.[Y]. The van der Waals surface area contributed by atoms with Crippen molar-refractivity contribution in [1.82, 2.24) is 4.57 Å². The Morgan fingerprint density at radius 3 is 2.72 bits per heavy atom. The van der Waals surface area contributed by atoms with E-state index in [0.29, 0.717) is 19.9 Å². The van der Waals surface area contributed by atoms with E-state index in [1.807, 2.05) is 22.6 Å². The van der Waals surface area contributed by atoms with E-state index >= 15 is 0 Å². The Morgan fingerprint density at radius 1 is 1.44 bits per heavy atom. The summed E-state index contributed by atoms with van der Waals surface area (Å²) in [4.78, 5) is 11.7. The van der Waals surface area contributed by atoms with E-state index in [2.05, 4.69) is 6.07 Å². The molecule has 1 radical (unpaired) electrons. The van der Waals surface area contributed by atoms with Gasteiger partial charge in [-0.3, -0.25) is 4.79 Å². The first kappa shape index (κ1) is 16.3. The van der Waals surface area contributed by atoms with Gasteiger partial charge in [0.05, 0.1) is 5.82 Å². The van der Waals surface area contributed by atoms with Crippen LogP contribution in [0.25, 0.3) is 11.3 Å². The Bertz CT molecular complexity index is 644. The van der Waals surface area contributed by atoms with Gasteiger partial charge in [-0.2, -0.15) is 12.1 Å². The Labute approximate surface area is 148 Å². The van der Waals surface area contributed by atoms with Gasteiger partial charge in [0.1, 0.15) is 0 Å². The molecule has 1 heterocycles. The number of nitrogens with zero attached hydrogens (tertiary/aromatic N) is 1. The molecule has 0 N–H and O–H groups in total. The van der Waals surface area contributed by atoms with Crippen LogP contribution in [0, 0.1) is 15.5 Å². The van der Waals surface area contributed by atoms with Crippen LogP contribution in [0.4, 0.5) is 4.39 Å². The Kier molecular flexibility index (Phi) is 5.96. The number of pyridine rings is 1. The maximum Gasteiger partial charge on any atom is 0.207 e. The van der Waals surface area contributed by atoms with Gasteiger partial charge in [-0.25, -0.2) is 4.39 Å². The average Bonchev–Trinajstić information content (AvgIpc) is 2.28. The molecule has 6 heteroatoms. The van der Waals surface area contributed by atoms with E-state index in [1.165, 1.54) is 16.7 Å². The smallest absolute Gasteiger partial charge is 0.207 e. The molecule has 0 saturated carbocycles. The maximum absolute atomic E-state index is 13.7. The minimum absolute atomic E-state index is 0. The van der Waals surface area contributed by atoms with E-state index in [-0.39, 0.29) is 38.3 Å². The van der Waals surface area contributed by atoms with E-state index in [0.717, 1.165) is 0 Å². The monoisotopic (exact) mass is 451 g/mol. The largest absolute Gasteiger partial charge is 0.344 e. The van der Waals surface area contributed by atoms with Gasteiger partial charge in [-0.05, 0) is 9.64 Å². The number of aromatic nitrogens is 1. The molecule has 2 rings (SSSR count). The molecule has 2 nitrogen and oxygen atoms in total. The molecule has 18 heavy (non-hydrogen) atoms. The number of hydrogen-bond donors (Lipinski definition) is 0. The first-order valence-electron chi connectivity index (χ1n) is 4.73. The second kappa shape index (κ2) is 6.59. The summed E-state index contributed by atoms with van der Waals surface area (Å²) in [7, 11) is 1.59. The molecular weight excluding hydrogens is 444 g/mol. The summed E-state index contributed by atoms with van der Waals surface area (Å²) in [5, 5.41) is 0.321. The molecule has 1 aromatic carbocycles. The van der Waals surface area contributed by atoms with E-state index in [4.69, 9.17) is 11.6 Å². The van der Waals surface area contributed by atoms with Gasteiger partial charge in [0, 0.05) is 44.8 Å². The zero-order chi connectivity index (χ0) is 12.6. The summed E-state index contributed by atoms with van der Waals surface area (Å²) in [6.07, 6.45) is 0. The van der Waals surface area contributed by atoms with Gasteiger partial charge < -0.3 is 4.57 Å². The summed E-state index contributed by atoms with van der Waals surface area (Å²) < 4.78 is 15.6. The number of halogens is 3. The molecule has 0 aliphatic heterocycles. The molecule has 0 aliphatic rings. The zero-order valence-corrected chi connectivity index (χ0v) is 15.1. The van der Waals surface area contributed by atoms with Crippen molar-refractivity contribution in [2.75, 3.05) is 0 Å². The van der Waals surface area contributed by atoms with Crippen LogP contribution >= 0.6 is 34.2 Å². The molecule has 0 spiro atoms. The number of benzene rings is 1. The van der Waals surface area contributed by atoms with Gasteiger partial charge in [0.15, 0.2) is 0 Å². The van der Waals surface area contributed by atoms with Crippen molar-refractivity contribution in [3.8, 4) is 11.3 Å². The molecule has 0 unspecified atom stereocenters. The van der Waals surface area contributed by atoms with Crippen molar-refractivity contribution in [1.29, 1.82) is 0 Å². The molecule has 1 aromatic heterocycles. The first-order valence-corrected chi connectivity index (χ1v) is 6.19. The average molecular weight is 451 g/mol. The summed E-state index contributed by atoms with van der Waals surface area (Å²) in [5.74, 6) is -0.468. The first-order chi connectivity index (χ1) is 8.00. The standard InChI is InChI=1S/C12H7ClFINO.Y/c1-16-11(5-4-10(15)12(16)17)8-3-2-7(13)6-9(8)14;/h2-4,6H,1H3;/q-1;. The fraction of sp³-hybridized carbons (Fsp3) is 0.0833. The summed E-state index contributed by atoms with van der Waals surface area (Å²) in [6.45, 7) is 0. The predicted molar refractivity (Wildman–Crippen MR) is 73.6 cm³/mol. The fourth-order valence-electron chi connectivity index (χ4n) is 1.49. The molecular formula is C12H7ClFINOY-. The normalized spacial score (nSPS) is 10.0. The van der Waals surface area contributed by atoms with Gasteiger partial charge in [-0.1, -0.05) is 28.9 Å². The van der Waals surface area contributed by atoms with Crippen LogP contribution in [0.1, 0.15) is 0 Å². The van der Waals surface area contributed by atoms with Crippen molar-refractivity contribution < 1.29 is 37.1 Å². The molecule has 0 bridgehead atoms. The Balaban J connectivity index is 0.00000162. The third-order valence-corrected chi connectivity index (χ3v) is 3.37. The molecule has 0 fully saturated rings. The van der Waals surface area contributed by atoms with Gasteiger partial charge in [0.25, 0.3) is 0 Å². The van der Waals surface area contributed by atoms with Crippen LogP contribution in [0.15, 0.2) is 29.1 Å². The molecule has 2 aromatic rings. The van der Waals surface area contributed by atoms with Gasteiger partial charge >= 0.3 is 0 Å². The molecule has 0 aliphatic carbocycles. The molecule has 0 saturated heterocycles. The maximum atomic E-state index is 13.7. The van der Waals surface area contributed by atoms with Crippen LogP contribution in [0.5, 0.6) is 0 Å². The van der Waals surface area contributed by atoms with Gasteiger partial charge in [-0.15, -0.1) is 28.7 Å². The van der Waals surface area contributed by atoms with E-state index in [9.17, 15) is 9.18 Å². The third-order valence-electron chi connectivity index (χ3n) is 2.37. The zero-order valence-electron chi connectivity index (χ0n) is 9.38. The Hall–Kier alpha value is 0.224. The topological polar surface area (TPSA) is 22.0 Å². The van der Waals surface area contributed by atoms with Crippen LogP contribution in [-0.2, 0) is 39.8 Å². The van der Waals surface area contributed by atoms with Crippen LogP contribution < -0.4 is 5.56 Å². The molecule has 91 valence electrons. The summed E-state index contributed by atoms with van der Waals surface area (Å²) in [5.41, 5.74) is 0.545. The second-order valence-electron chi connectivity index (χ2n) is 3.47. The van der Waals surface area contributed by atoms with Crippen LogP contribution in [0.2, 0.25) is 5.02 Å². The quantitative estimate of drug-likeness (QED) is 0.482. The van der Waals surface area contributed by atoms with E-state index < -0.39 is 5.82 Å². The summed E-state index contributed by atoms with van der Waals surface area (Å²) >= 11 is 7.60. The van der Waals surface area contributed by atoms with Crippen molar-refractivity contribution in [2.45, 2.75) is 0 Å². The summed E-state index contributed by atoms with van der Waals surface area (Å²) in [6, 6.07) is 8.78. The minimum Gasteiger partial charge on any atom is -0.344 e. The van der Waals surface area contributed by atoms with Gasteiger partial charge in [0.2, 0.25) is 5.56 Å². The van der Waals surface area contributed by atoms with Crippen molar-refractivity contribution in [3.05, 3.63) is 55.1 Å². The van der Waals surface area contributed by atoms with Crippen molar-refractivity contribution >= 4 is 34.2 Å². The minimum atomic E-state index is -0.468. The Morgan fingerprint density at radius 2 is 2.11 bits per heavy atom. The number of hydrogen-bond acceptors (Lipinski definition) is 1. The molecule has 0 atom stereocenters. The van der Waals surface area contributed by atoms with Crippen LogP contribution in [0.3, 0.4) is 0 Å². The van der Waals surface area contributed by atoms with Crippen molar-refractivity contribution in [3.63, 3.8) is 0 Å². The fourth-order valence-corrected chi connectivity index (χ4v) is 2.17. The predicted octanol–water partition coefficient (Wildman–Crippen LogP) is 3.25.